The second kappa shape index (κ2) is 9.42. The van der Waals surface area contributed by atoms with E-state index in [1.54, 1.807) is 21.7 Å². The molecule has 190 valence electrons. The number of aliphatic hydroxyl groups is 1. The fraction of sp³-hybridized carbons (Fsp3) is 0.172. The van der Waals surface area contributed by atoms with E-state index in [1.807, 2.05) is 55.5 Å². The number of aryl methyl sites for hydroxylation is 1. The van der Waals surface area contributed by atoms with Gasteiger partial charge < -0.3 is 14.7 Å². The van der Waals surface area contributed by atoms with Crippen LogP contribution in [0.15, 0.2) is 78.2 Å². The predicted octanol–water partition coefficient (Wildman–Crippen LogP) is 4.52. The lowest BCUT2D eigenvalue weighted by molar-refractivity contribution is -0.132. The Kier molecular flexibility index (Phi) is 5.92. The monoisotopic (exact) mass is 524 g/mol. The molecule has 5 aromatic rings. The Labute approximate surface area is 221 Å². The number of para-hydroxylation sites is 1. The third kappa shape index (κ3) is 4.10. The molecule has 4 heterocycles. The van der Waals surface area contributed by atoms with Crippen LogP contribution in [-0.4, -0.2) is 43.5 Å². The molecule has 1 aliphatic heterocycles. The van der Waals surface area contributed by atoms with Gasteiger partial charge in [0.25, 0.3) is 0 Å². The van der Waals surface area contributed by atoms with E-state index in [0.29, 0.717) is 51.3 Å². The van der Waals surface area contributed by atoms with Gasteiger partial charge in [-0.05, 0) is 55.0 Å². The minimum absolute atomic E-state index is 0.109. The summed E-state index contributed by atoms with van der Waals surface area (Å²) in [6.45, 7) is 6.56. The van der Waals surface area contributed by atoms with E-state index in [1.165, 1.54) is 17.4 Å². The van der Waals surface area contributed by atoms with Crippen molar-refractivity contribution in [2.75, 3.05) is 13.1 Å². The molecule has 0 saturated carbocycles. The molecule has 0 spiro atoms. The number of hydrogen-bond acceptors (Lipinski definition) is 7. The van der Waals surface area contributed by atoms with Gasteiger partial charge in [-0.25, -0.2) is 9.78 Å². The molecule has 3 aromatic heterocycles. The number of nitrogens with zero attached hydrogens (tertiary/aromatic N) is 4. The van der Waals surface area contributed by atoms with Gasteiger partial charge in [-0.3, -0.25) is 9.36 Å². The Morgan fingerprint density at radius 1 is 1.18 bits per heavy atom. The third-order valence-corrected chi connectivity index (χ3v) is 7.90. The Balaban J connectivity index is 1.39. The zero-order chi connectivity index (χ0) is 26.4. The van der Waals surface area contributed by atoms with Crippen molar-refractivity contribution in [3.8, 4) is 17.2 Å². The topological polar surface area (TPSA) is 97.6 Å². The van der Waals surface area contributed by atoms with Crippen molar-refractivity contribution in [2.24, 2.45) is 5.92 Å². The van der Waals surface area contributed by atoms with Gasteiger partial charge in [0.2, 0.25) is 5.91 Å². The number of hydrogen-bond donors (Lipinski definition) is 1. The molecule has 38 heavy (non-hydrogen) atoms. The number of carbonyl (C=O) groups is 1. The molecular weight excluding hydrogens is 500 g/mol. The quantitative estimate of drug-likeness (QED) is 0.328. The largest absolute Gasteiger partial charge is 0.511 e. The van der Waals surface area contributed by atoms with E-state index >= 15 is 0 Å². The number of aromatic nitrogens is 3. The average molecular weight is 525 g/mol. The third-order valence-electron chi connectivity index (χ3n) is 6.76. The highest BCUT2D eigenvalue weighted by molar-refractivity contribution is 7.17. The highest BCUT2D eigenvalue weighted by Crippen LogP contribution is 2.30. The molecule has 0 radical (unpaired) electrons. The number of likely N-dealkylation sites (tertiary alicyclic amines) is 1. The summed E-state index contributed by atoms with van der Waals surface area (Å²) in [6, 6.07) is 16.9. The van der Waals surface area contributed by atoms with Crippen LogP contribution in [-0.2, 0) is 4.79 Å². The molecule has 0 bridgehead atoms. The predicted molar refractivity (Wildman–Crippen MR) is 148 cm³/mol. The van der Waals surface area contributed by atoms with E-state index in [2.05, 4.69) is 16.5 Å². The molecule has 1 saturated heterocycles. The zero-order valence-corrected chi connectivity index (χ0v) is 21.4. The highest BCUT2D eigenvalue weighted by Gasteiger charge is 2.30. The average Bonchev–Trinajstić information content (AvgIpc) is 3.26. The fourth-order valence-electron chi connectivity index (χ4n) is 4.90. The van der Waals surface area contributed by atoms with Crippen LogP contribution < -0.4 is 15.0 Å². The summed E-state index contributed by atoms with van der Waals surface area (Å²) in [4.78, 5) is 36.4. The maximum atomic E-state index is 13.4. The van der Waals surface area contributed by atoms with Gasteiger partial charge in [-0.1, -0.05) is 24.8 Å². The first-order chi connectivity index (χ1) is 18.4. The van der Waals surface area contributed by atoms with Crippen LogP contribution in [0, 0.1) is 12.8 Å². The first-order valence-corrected chi connectivity index (χ1v) is 13.0. The molecule has 0 atom stereocenters. The molecule has 0 unspecified atom stereocenters. The summed E-state index contributed by atoms with van der Waals surface area (Å²) in [7, 11) is 0. The summed E-state index contributed by atoms with van der Waals surface area (Å²) in [6.07, 6.45) is 3.35. The van der Waals surface area contributed by atoms with E-state index in [0.717, 1.165) is 16.7 Å². The van der Waals surface area contributed by atoms with E-state index in [-0.39, 0.29) is 17.6 Å². The lowest BCUT2D eigenvalue weighted by Crippen LogP contribution is -2.49. The van der Waals surface area contributed by atoms with Crippen molar-refractivity contribution in [2.45, 2.75) is 13.3 Å². The Morgan fingerprint density at radius 2 is 1.97 bits per heavy atom. The molecule has 0 aliphatic carbocycles. The summed E-state index contributed by atoms with van der Waals surface area (Å²) in [5.41, 5.74) is 2.23. The van der Waals surface area contributed by atoms with Crippen LogP contribution in [0.1, 0.15) is 12.0 Å². The number of thiophene rings is 1. The van der Waals surface area contributed by atoms with Crippen molar-refractivity contribution >= 4 is 44.3 Å². The summed E-state index contributed by atoms with van der Waals surface area (Å²) in [5, 5.41) is 11.7. The van der Waals surface area contributed by atoms with Crippen molar-refractivity contribution in [3.05, 3.63) is 94.0 Å². The Morgan fingerprint density at radius 3 is 2.71 bits per heavy atom. The second-order valence-corrected chi connectivity index (χ2v) is 10.3. The Hall–Kier alpha value is -4.50. The molecule has 1 fully saturated rings. The molecular formula is C29H24N4O4S. The number of pyridine rings is 1. The molecule has 1 aliphatic rings. The van der Waals surface area contributed by atoms with Crippen molar-refractivity contribution in [1.82, 2.24) is 19.4 Å². The lowest BCUT2D eigenvalue weighted by Gasteiger charge is -2.38. The summed E-state index contributed by atoms with van der Waals surface area (Å²) < 4.78 is 8.08. The maximum Gasteiger partial charge on any atom is 0.353 e. The molecule has 8 nitrogen and oxygen atoms in total. The van der Waals surface area contributed by atoms with Crippen LogP contribution in [0.4, 0.5) is 0 Å². The number of benzene rings is 2. The van der Waals surface area contributed by atoms with E-state index in [9.17, 15) is 14.7 Å². The number of rotatable bonds is 6. The van der Waals surface area contributed by atoms with Gasteiger partial charge in [-0.2, -0.15) is 4.98 Å². The van der Waals surface area contributed by atoms with Gasteiger partial charge >= 0.3 is 5.69 Å². The van der Waals surface area contributed by atoms with Gasteiger partial charge in [-0.15, -0.1) is 11.3 Å². The maximum absolute atomic E-state index is 13.4. The van der Waals surface area contributed by atoms with Gasteiger partial charge in [0.1, 0.15) is 27.6 Å². The first-order valence-electron chi connectivity index (χ1n) is 12.2. The van der Waals surface area contributed by atoms with Crippen molar-refractivity contribution < 1.29 is 14.6 Å². The first kappa shape index (κ1) is 23.9. The summed E-state index contributed by atoms with van der Waals surface area (Å²) >= 11 is 1.32. The normalized spacial score (nSPS) is 14.5. The standard InChI is InChI=1S/C29H24N4O4S/c1-3-24(35)32-15-18(16-32)14-23(34)27-26-25-22(11-12-30-28(25)38-27)33(29(36)31-26)21-10-9-20(13-17(21)2)37-19-7-5-4-6-8-19/h3-13,18,34H,1,14-16H2,2H3. The van der Waals surface area contributed by atoms with Crippen LogP contribution in [0.5, 0.6) is 11.5 Å². The number of carbonyl (C=O) groups excluding carboxylic acids is 1. The van der Waals surface area contributed by atoms with Gasteiger partial charge in [0.05, 0.1) is 21.1 Å². The van der Waals surface area contributed by atoms with Crippen LogP contribution in [0.2, 0.25) is 0 Å². The van der Waals surface area contributed by atoms with Crippen LogP contribution in [0.25, 0.3) is 32.7 Å². The second-order valence-electron chi connectivity index (χ2n) is 9.35. The number of ether oxygens (including phenoxy) is 1. The summed E-state index contributed by atoms with van der Waals surface area (Å²) in [5.74, 6) is 1.59. The minimum Gasteiger partial charge on any atom is -0.511 e. The van der Waals surface area contributed by atoms with E-state index < -0.39 is 5.69 Å². The SMILES string of the molecule is C=CC(=O)N1CC(CC(O)=c2sc3nccc4c3c2nc(=O)n4-c2ccc(Oc3ccccc3)cc2C)C1. The number of amides is 1. The van der Waals surface area contributed by atoms with Crippen LogP contribution in [0.3, 0.4) is 0 Å². The van der Waals surface area contributed by atoms with Crippen molar-refractivity contribution in [3.63, 3.8) is 0 Å². The van der Waals surface area contributed by atoms with Gasteiger partial charge in [0.15, 0.2) is 0 Å². The van der Waals surface area contributed by atoms with Crippen LogP contribution >= 0.6 is 11.3 Å². The highest BCUT2D eigenvalue weighted by atomic mass is 32.1. The Bertz CT molecular complexity index is 1820. The van der Waals surface area contributed by atoms with E-state index in [4.69, 9.17) is 4.74 Å². The molecule has 1 N–H and O–H groups in total. The molecule has 9 heteroatoms. The zero-order valence-electron chi connectivity index (χ0n) is 20.6. The van der Waals surface area contributed by atoms with Gasteiger partial charge in [0, 0.05) is 31.6 Å². The minimum atomic E-state index is -0.441. The van der Waals surface area contributed by atoms with Crippen molar-refractivity contribution in [1.29, 1.82) is 0 Å². The smallest absolute Gasteiger partial charge is 0.353 e. The molecule has 2 aromatic carbocycles. The number of aliphatic hydroxyl groups excluding tert-OH is 1. The molecule has 6 rings (SSSR count). The molecule has 1 amide bonds. The fourth-order valence-corrected chi connectivity index (χ4v) is 5.96. The lowest BCUT2D eigenvalue weighted by atomic mass is 9.95.